The SMILES string of the molecule is CNCc1cnn(Cc2ccccc2Cl)c1C(C)C. The summed E-state index contributed by atoms with van der Waals surface area (Å²) in [4.78, 5) is 0. The van der Waals surface area contributed by atoms with Gasteiger partial charge in [0.25, 0.3) is 0 Å². The van der Waals surface area contributed by atoms with Crippen LogP contribution in [-0.2, 0) is 13.1 Å². The van der Waals surface area contributed by atoms with Crippen molar-refractivity contribution in [3.8, 4) is 0 Å². The van der Waals surface area contributed by atoms with Crippen molar-refractivity contribution in [3.63, 3.8) is 0 Å². The minimum Gasteiger partial charge on any atom is -0.316 e. The summed E-state index contributed by atoms with van der Waals surface area (Å²) in [6.45, 7) is 5.95. The highest BCUT2D eigenvalue weighted by molar-refractivity contribution is 6.31. The van der Waals surface area contributed by atoms with E-state index in [1.54, 1.807) is 0 Å². The first-order valence-corrected chi connectivity index (χ1v) is 6.94. The Kier molecular flexibility index (Phi) is 4.61. The van der Waals surface area contributed by atoms with E-state index in [0.29, 0.717) is 5.92 Å². The van der Waals surface area contributed by atoms with Crippen LogP contribution in [0.4, 0.5) is 0 Å². The van der Waals surface area contributed by atoms with Crippen molar-refractivity contribution >= 4 is 11.6 Å². The van der Waals surface area contributed by atoms with E-state index in [4.69, 9.17) is 11.6 Å². The molecule has 0 bridgehead atoms. The molecule has 0 saturated heterocycles. The first-order valence-electron chi connectivity index (χ1n) is 6.56. The van der Waals surface area contributed by atoms with Crippen molar-refractivity contribution in [3.05, 3.63) is 52.3 Å². The Morgan fingerprint density at radius 2 is 2.00 bits per heavy atom. The highest BCUT2D eigenvalue weighted by Crippen LogP contribution is 2.22. The summed E-state index contributed by atoms with van der Waals surface area (Å²) in [6, 6.07) is 7.93. The standard InChI is InChI=1S/C15H20ClN3/c1-11(2)15-13(8-17-3)9-18-19(15)10-12-6-4-5-7-14(12)16/h4-7,9,11,17H,8,10H2,1-3H3. The molecule has 1 heterocycles. The second kappa shape index (κ2) is 6.22. The molecule has 1 aromatic carbocycles. The first kappa shape index (κ1) is 14.1. The van der Waals surface area contributed by atoms with E-state index in [9.17, 15) is 0 Å². The van der Waals surface area contributed by atoms with Gasteiger partial charge in [-0.1, -0.05) is 43.6 Å². The first-order chi connectivity index (χ1) is 9.13. The molecule has 1 N–H and O–H groups in total. The van der Waals surface area contributed by atoms with Gasteiger partial charge in [-0.3, -0.25) is 4.68 Å². The Morgan fingerprint density at radius 3 is 2.63 bits per heavy atom. The van der Waals surface area contributed by atoms with Crippen molar-refractivity contribution < 1.29 is 0 Å². The zero-order chi connectivity index (χ0) is 13.8. The third-order valence-corrected chi connectivity index (χ3v) is 3.52. The monoisotopic (exact) mass is 277 g/mol. The summed E-state index contributed by atoms with van der Waals surface area (Å²) in [6.07, 6.45) is 1.95. The van der Waals surface area contributed by atoms with E-state index >= 15 is 0 Å². The van der Waals surface area contributed by atoms with Crippen LogP contribution < -0.4 is 5.32 Å². The maximum Gasteiger partial charge on any atom is 0.0677 e. The predicted octanol–water partition coefficient (Wildman–Crippen LogP) is 3.43. The third-order valence-electron chi connectivity index (χ3n) is 3.15. The van der Waals surface area contributed by atoms with Gasteiger partial charge in [0.1, 0.15) is 0 Å². The van der Waals surface area contributed by atoms with Gasteiger partial charge < -0.3 is 5.32 Å². The van der Waals surface area contributed by atoms with Crippen molar-refractivity contribution in [1.29, 1.82) is 0 Å². The minimum absolute atomic E-state index is 0.438. The average molecular weight is 278 g/mol. The van der Waals surface area contributed by atoms with E-state index in [0.717, 1.165) is 23.7 Å². The van der Waals surface area contributed by atoms with E-state index in [1.807, 2.05) is 37.5 Å². The normalized spacial score (nSPS) is 11.2. The lowest BCUT2D eigenvalue weighted by molar-refractivity contribution is 0.611. The maximum absolute atomic E-state index is 6.22. The van der Waals surface area contributed by atoms with Crippen LogP contribution in [0.3, 0.4) is 0 Å². The molecular weight excluding hydrogens is 258 g/mol. The number of rotatable bonds is 5. The van der Waals surface area contributed by atoms with Gasteiger partial charge in [0.2, 0.25) is 0 Å². The Bertz CT molecular complexity index is 546. The Morgan fingerprint density at radius 1 is 1.26 bits per heavy atom. The molecule has 0 radical (unpaired) electrons. The number of hydrogen-bond acceptors (Lipinski definition) is 2. The van der Waals surface area contributed by atoms with Crippen LogP contribution in [0.5, 0.6) is 0 Å². The van der Waals surface area contributed by atoms with Crippen LogP contribution in [0.2, 0.25) is 5.02 Å². The molecule has 0 atom stereocenters. The predicted molar refractivity (Wildman–Crippen MR) is 79.6 cm³/mol. The molecule has 4 heteroatoms. The summed E-state index contributed by atoms with van der Waals surface area (Å²) in [5.74, 6) is 0.438. The fourth-order valence-corrected chi connectivity index (χ4v) is 2.54. The van der Waals surface area contributed by atoms with Gasteiger partial charge in [-0.25, -0.2) is 0 Å². The quantitative estimate of drug-likeness (QED) is 0.907. The van der Waals surface area contributed by atoms with E-state index < -0.39 is 0 Å². The van der Waals surface area contributed by atoms with E-state index in [-0.39, 0.29) is 0 Å². The fraction of sp³-hybridized carbons (Fsp3) is 0.400. The summed E-state index contributed by atoms with van der Waals surface area (Å²) < 4.78 is 2.05. The highest BCUT2D eigenvalue weighted by atomic mass is 35.5. The molecule has 0 aliphatic carbocycles. The smallest absolute Gasteiger partial charge is 0.0677 e. The van der Waals surface area contributed by atoms with Crippen LogP contribution in [0.25, 0.3) is 0 Å². The summed E-state index contributed by atoms with van der Waals surface area (Å²) >= 11 is 6.22. The molecule has 102 valence electrons. The molecule has 0 aliphatic heterocycles. The Balaban J connectivity index is 2.33. The van der Waals surface area contributed by atoms with Crippen molar-refractivity contribution in [1.82, 2.24) is 15.1 Å². The van der Waals surface area contributed by atoms with Crippen LogP contribution in [0.15, 0.2) is 30.5 Å². The largest absolute Gasteiger partial charge is 0.316 e. The Hall–Kier alpha value is -1.32. The lowest BCUT2D eigenvalue weighted by atomic mass is 10.1. The van der Waals surface area contributed by atoms with Gasteiger partial charge in [0.05, 0.1) is 12.7 Å². The molecule has 0 unspecified atom stereocenters. The second-order valence-electron chi connectivity index (χ2n) is 4.99. The number of halogens is 1. The highest BCUT2D eigenvalue weighted by Gasteiger charge is 2.14. The molecule has 2 aromatic rings. The minimum atomic E-state index is 0.438. The van der Waals surface area contributed by atoms with Crippen LogP contribution in [-0.4, -0.2) is 16.8 Å². The topological polar surface area (TPSA) is 29.9 Å². The number of aromatic nitrogens is 2. The molecule has 19 heavy (non-hydrogen) atoms. The van der Waals surface area contributed by atoms with Crippen LogP contribution in [0, 0.1) is 0 Å². The molecule has 0 amide bonds. The molecule has 2 rings (SSSR count). The maximum atomic E-state index is 6.22. The van der Waals surface area contributed by atoms with E-state index in [1.165, 1.54) is 11.3 Å². The fourth-order valence-electron chi connectivity index (χ4n) is 2.34. The lowest BCUT2D eigenvalue weighted by Gasteiger charge is -2.13. The van der Waals surface area contributed by atoms with Gasteiger partial charge in [-0.05, 0) is 24.6 Å². The summed E-state index contributed by atoms with van der Waals surface area (Å²) in [7, 11) is 1.95. The van der Waals surface area contributed by atoms with Gasteiger partial charge in [-0.2, -0.15) is 5.10 Å². The molecule has 0 saturated carbocycles. The third kappa shape index (κ3) is 3.17. The molecule has 0 aliphatic rings. The van der Waals surface area contributed by atoms with Gasteiger partial charge in [-0.15, -0.1) is 0 Å². The number of hydrogen-bond donors (Lipinski definition) is 1. The van der Waals surface area contributed by atoms with Crippen molar-refractivity contribution in [2.75, 3.05) is 7.05 Å². The second-order valence-corrected chi connectivity index (χ2v) is 5.40. The zero-order valence-corrected chi connectivity index (χ0v) is 12.4. The molecular formula is C15H20ClN3. The molecule has 3 nitrogen and oxygen atoms in total. The van der Waals surface area contributed by atoms with Gasteiger partial charge >= 0.3 is 0 Å². The summed E-state index contributed by atoms with van der Waals surface area (Å²) in [5.41, 5.74) is 3.63. The summed E-state index contributed by atoms with van der Waals surface area (Å²) in [5, 5.41) is 8.49. The molecule has 0 spiro atoms. The average Bonchev–Trinajstić information content (AvgIpc) is 2.76. The number of benzene rings is 1. The van der Waals surface area contributed by atoms with Crippen molar-refractivity contribution in [2.45, 2.75) is 32.9 Å². The van der Waals surface area contributed by atoms with Crippen molar-refractivity contribution in [2.24, 2.45) is 0 Å². The zero-order valence-electron chi connectivity index (χ0n) is 11.7. The van der Waals surface area contributed by atoms with E-state index in [2.05, 4.69) is 28.9 Å². The van der Waals surface area contributed by atoms with Gasteiger partial charge in [0.15, 0.2) is 0 Å². The molecule has 1 aromatic heterocycles. The number of nitrogens with one attached hydrogen (secondary N) is 1. The molecule has 0 fully saturated rings. The van der Waals surface area contributed by atoms with Crippen LogP contribution in [0.1, 0.15) is 36.6 Å². The number of nitrogens with zero attached hydrogens (tertiary/aromatic N) is 2. The lowest BCUT2D eigenvalue weighted by Crippen LogP contribution is -2.12. The van der Waals surface area contributed by atoms with Crippen LogP contribution >= 0.6 is 11.6 Å². The Labute approximate surface area is 119 Å². The van der Waals surface area contributed by atoms with Gasteiger partial charge in [0, 0.05) is 22.8 Å².